The molecule has 1 unspecified atom stereocenters. The molecule has 0 saturated heterocycles. The van der Waals surface area contributed by atoms with Gasteiger partial charge in [-0.05, 0) is 54.7 Å². The molecule has 1 N–H and O–H groups in total. The number of aliphatic hydroxyl groups excluding tert-OH is 1. The van der Waals surface area contributed by atoms with Gasteiger partial charge in [-0.15, -0.1) is 0 Å². The van der Waals surface area contributed by atoms with Crippen LogP contribution in [0.4, 0.5) is 0 Å². The molecule has 0 radical (unpaired) electrons. The third-order valence-electron chi connectivity index (χ3n) is 3.61. The Morgan fingerprint density at radius 2 is 1.63 bits per heavy atom. The predicted molar refractivity (Wildman–Crippen MR) is 83.5 cm³/mol. The Morgan fingerprint density at radius 1 is 1.00 bits per heavy atom. The minimum absolute atomic E-state index is 0.452. The van der Waals surface area contributed by atoms with Crippen LogP contribution in [0.5, 0.6) is 0 Å². The molecule has 0 aliphatic rings. The fraction of sp³-hybridized carbons (Fsp3) is 0.294. The van der Waals surface area contributed by atoms with E-state index in [1.807, 2.05) is 25.1 Å². The van der Waals surface area contributed by atoms with Gasteiger partial charge in [0.2, 0.25) is 0 Å². The van der Waals surface area contributed by atoms with Crippen molar-refractivity contribution in [3.8, 4) is 0 Å². The van der Waals surface area contributed by atoms with Crippen LogP contribution in [0.1, 0.15) is 33.9 Å². The van der Waals surface area contributed by atoms with Gasteiger partial charge < -0.3 is 5.11 Å². The molecular weight excluding hydrogens is 300 g/mol. The van der Waals surface area contributed by atoms with Crippen LogP contribution in [0.3, 0.4) is 0 Å². The molecule has 0 aliphatic heterocycles. The second kappa shape index (κ2) is 5.89. The van der Waals surface area contributed by atoms with Crippen LogP contribution in [0.25, 0.3) is 0 Å². The summed E-state index contributed by atoms with van der Waals surface area (Å²) in [5.74, 6) is 0. The van der Waals surface area contributed by atoms with E-state index < -0.39 is 6.10 Å². The zero-order valence-electron chi connectivity index (χ0n) is 11.6. The first-order chi connectivity index (χ1) is 8.99. The van der Waals surface area contributed by atoms with Gasteiger partial charge in [-0.25, -0.2) is 0 Å². The molecule has 0 fully saturated rings. The van der Waals surface area contributed by atoms with E-state index in [1.54, 1.807) is 0 Å². The maximum absolute atomic E-state index is 10.4. The first-order valence-electron chi connectivity index (χ1n) is 6.48. The van der Waals surface area contributed by atoms with E-state index in [4.69, 9.17) is 0 Å². The summed E-state index contributed by atoms with van der Waals surface area (Å²) in [5, 5.41) is 10.4. The lowest BCUT2D eigenvalue weighted by molar-refractivity contribution is 0.178. The van der Waals surface area contributed by atoms with Gasteiger partial charge in [0.05, 0.1) is 6.10 Å². The molecule has 0 bridgehead atoms. The Labute approximate surface area is 123 Å². The minimum Gasteiger partial charge on any atom is -0.388 e. The average molecular weight is 319 g/mol. The lowest BCUT2D eigenvalue weighted by Gasteiger charge is -2.16. The molecule has 0 aliphatic carbocycles. The van der Waals surface area contributed by atoms with E-state index in [2.05, 4.69) is 48.0 Å². The standard InChI is InChI=1S/C17H19BrO/c1-11-5-4-6-12(2)15(11)10-17(19)14-7-8-16(18)13(3)9-14/h4-9,17,19H,10H2,1-3H3. The van der Waals surface area contributed by atoms with Crippen LogP contribution in [-0.2, 0) is 6.42 Å². The van der Waals surface area contributed by atoms with E-state index in [9.17, 15) is 5.11 Å². The highest BCUT2D eigenvalue weighted by Gasteiger charge is 2.12. The van der Waals surface area contributed by atoms with Crippen LogP contribution in [-0.4, -0.2) is 5.11 Å². The SMILES string of the molecule is Cc1cc(C(O)Cc2c(C)cccc2C)ccc1Br. The molecule has 0 saturated carbocycles. The molecule has 1 nitrogen and oxygen atoms in total. The maximum Gasteiger partial charge on any atom is 0.0830 e. The Kier molecular flexibility index (Phi) is 4.43. The van der Waals surface area contributed by atoms with Crippen molar-refractivity contribution in [3.63, 3.8) is 0 Å². The molecule has 2 aromatic rings. The van der Waals surface area contributed by atoms with Gasteiger partial charge in [0.1, 0.15) is 0 Å². The van der Waals surface area contributed by atoms with E-state index in [1.165, 1.54) is 16.7 Å². The predicted octanol–water partition coefficient (Wildman–Crippen LogP) is 4.65. The number of hydrogen-bond acceptors (Lipinski definition) is 1. The van der Waals surface area contributed by atoms with Crippen LogP contribution >= 0.6 is 15.9 Å². The molecule has 0 amide bonds. The number of benzene rings is 2. The topological polar surface area (TPSA) is 20.2 Å². The van der Waals surface area contributed by atoms with Crippen LogP contribution in [0.2, 0.25) is 0 Å². The van der Waals surface area contributed by atoms with Gasteiger partial charge in [0.15, 0.2) is 0 Å². The second-order valence-electron chi connectivity index (χ2n) is 5.10. The molecular formula is C17H19BrO. The largest absolute Gasteiger partial charge is 0.388 e. The molecule has 2 aromatic carbocycles. The lowest BCUT2D eigenvalue weighted by atomic mass is 9.94. The Bertz CT molecular complexity index is 570. The highest BCUT2D eigenvalue weighted by Crippen LogP contribution is 2.26. The second-order valence-corrected chi connectivity index (χ2v) is 5.95. The highest BCUT2D eigenvalue weighted by molar-refractivity contribution is 9.10. The van der Waals surface area contributed by atoms with Crippen molar-refractivity contribution in [2.75, 3.05) is 0 Å². The van der Waals surface area contributed by atoms with Gasteiger partial charge in [0.25, 0.3) is 0 Å². The summed E-state index contributed by atoms with van der Waals surface area (Å²) >= 11 is 3.49. The summed E-state index contributed by atoms with van der Waals surface area (Å²) in [5.41, 5.74) is 5.86. The zero-order valence-corrected chi connectivity index (χ0v) is 13.2. The Balaban J connectivity index is 2.25. The molecule has 2 heteroatoms. The zero-order chi connectivity index (χ0) is 14.0. The quantitative estimate of drug-likeness (QED) is 0.873. The smallest absolute Gasteiger partial charge is 0.0830 e. The van der Waals surface area contributed by atoms with Crippen molar-refractivity contribution < 1.29 is 5.11 Å². The number of halogens is 1. The van der Waals surface area contributed by atoms with Gasteiger partial charge >= 0.3 is 0 Å². The molecule has 1 atom stereocenters. The van der Waals surface area contributed by atoms with E-state index in [0.29, 0.717) is 6.42 Å². The van der Waals surface area contributed by atoms with Crippen LogP contribution in [0, 0.1) is 20.8 Å². The van der Waals surface area contributed by atoms with Gasteiger partial charge in [-0.1, -0.05) is 46.3 Å². The van der Waals surface area contributed by atoms with Crippen molar-refractivity contribution in [2.24, 2.45) is 0 Å². The van der Waals surface area contributed by atoms with Gasteiger partial charge in [0, 0.05) is 10.9 Å². The van der Waals surface area contributed by atoms with E-state index in [0.717, 1.165) is 15.6 Å². The fourth-order valence-corrected chi connectivity index (χ4v) is 2.60. The van der Waals surface area contributed by atoms with Crippen LogP contribution < -0.4 is 0 Å². The molecule has 0 heterocycles. The summed E-state index contributed by atoms with van der Waals surface area (Å²) in [6.45, 7) is 6.24. The molecule has 19 heavy (non-hydrogen) atoms. The normalized spacial score (nSPS) is 12.5. The maximum atomic E-state index is 10.4. The molecule has 100 valence electrons. The van der Waals surface area contributed by atoms with Crippen molar-refractivity contribution in [2.45, 2.75) is 33.3 Å². The van der Waals surface area contributed by atoms with Crippen molar-refractivity contribution in [3.05, 3.63) is 68.7 Å². The van der Waals surface area contributed by atoms with E-state index >= 15 is 0 Å². The van der Waals surface area contributed by atoms with Crippen molar-refractivity contribution in [1.82, 2.24) is 0 Å². The third-order valence-corrected chi connectivity index (χ3v) is 4.50. The highest BCUT2D eigenvalue weighted by atomic mass is 79.9. The number of aryl methyl sites for hydroxylation is 3. The number of rotatable bonds is 3. The summed E-state index contributed by atoms with van der Waals surface area (Å²) < 4.78 is 1.08. The van der Waals surface area contributed by atoms with Crippen LogP contribution in [0.15, 0.2) is 40.9 Å². The minimum atomic E-state index is -0.452. The Morgan fingerprint density at radius 3 is 2.21 bits per heavy atom. The van der Waals surface area contributed by atoms with Gasteiger partial charge in [-0.2, -0.15) is 0 Å². The average Bonchev–Trinajstić information content (AvgIpc) is 2.37. The van der Waals surface area contributed by atoms with Crippen molar-refractivity contribution >= 4 is 15.9 Å². The van der Waals surface area contributed by atoms with Gasteiger partial charge in [-0.3, -0.25) is 0 Å². The van der Waals surface area contributed by atoms with Crippen molar-refractivity contribution in [1.29, 1.82) is 0 Å². The first kappa shape index (κ1) is 14.3. The first-order valence-corrected chi connectivity index (χ1v) is 7.27. The monoisotopic (exact) mass is 318 g/mol. The fourth-order valence-electron chi connectivity index (χ4n) is 2.36. The molecule has 0 spiro atoms. The summed E-state index contributed by atoms with van der Waals surface area (Å²) in [6.07, 6.45) is 0.214. The molecule has 0 aromatic heterocycles. The Hall–Kier alpha value is -1.12. The summed E-state index contributed by atoms with van der Waals surface area (Å²) in [7, 11) is 0. The third kappa shape index (κ3) is 3.26. The number of hydrogen-bond donors (Lipinski definition) is 1. The summed E-state index contributed by atoms with van der Waals surface area (Å²) in [6, 6.07) is 12.3. The summed E-state index contributed by atoms with van der Waals surface area (Å²) in [4.78, 5) is 0. The molecule has 2 rings (SSSR count). The lowest BCUT2D eigenvalue weighted by Crippen LogP contribution is -2.05. The number of aliphatic hydroxyl groups is 1. The van der Waals surface area contributed by atoms with E-state index in [-0.39, 0.29) is 0 Å².